The van der Waals surface area contributed by atoms with Gasteiger partial charge in [-0.25, -0.2) is 0 Å². The van der Waals surface area contributed by atoms with E-state index in [-0.39, 0.29) is 14.1 Å². The van der Waals surface area contributed by atoms with Crippen molar-refractivity contribution < 1.29 is 14.3 Å². The summed E-state index contributed by atoms with van der Waals surface area (Å²) in [7, 11) is 3.10. The van der Waals surface area contributed by atoms with Crippen LogP contribution in [0.4, 0.5) is 0 Å². The first-order valence-electron chi connectivity index (χ1n) is 7.91. The molecule has 0 aliphatic carbocycles. The van der Waals surface area contributed by atoms with Gasteiger partial charge in [-0.15, -0.1) is 0 Å². The summed E-state index contributed by atoms with van der Waals surface area (Å²) in [5.74, 6) is 1.07. The highest BCUT2D eigenvalue weighted by Gasteiger charge is 2.19. The maximum atomic E-state index is 13.0. The van der Waals surface area contributed by atoms with Crippen LogP contribution in [0, 0.1) is 0 Å². The minimum Gasteiger partial charge on any atom is -0.496 e. The maximum absolute atomic E-state index is 13.0. The molecular weight excluding hydrogens is 331 g/mol. The molecule has 4 heteroatoms. The Bertz CT molecular complexity index is 853. The van der Waals surface area contributed by atoms with E-state index in [1.54, 1.807) is 26.4 Å². The van der Waals surface area contributed by atoms with E-state index in [4.69, 9.17) is 9.47 Å². The summed E-state index contributed by atoms with van der Waals surface area (Å²) in [6.45, 7) is 0. The lowest BCUT2D eigenvalue weighted by Crippen LogP contribution is -2.07. The maximum Gasteiger partial charge on any atom is 0.193 e. The Morgan fingerprint density at radius 2 is 1.36 bits per heavy atom. The topological polar surface area (TPSA) is 35.5 Å². The molecule has 0 saturated heterocycles. The molecule has 0 radical (unpaired) electrons. The lowest BCUT2D eigenvalue weighted by molar-refractivity contribution is 0.108. The third-order valence-corrected chi connectivity index (χ3v) is 5.10. The van der Waals surface area contributed by atoms with Crippen molar-refractivity contribution in [2.45, 2.75) is 0 Å². The molecule has 3 nitrogen and oxygen atoms in total. The summed E-state index contributed by atoms with van der Waals surface area (Å²) in [4.78, 5) is 13.0. The molecular formula is C21H19O3P. The molecule has 3 rings (SSSR count). The van der Waals surface area contributed by atoms with Crippen LogP contribution in [0.2, 0.25) is 0 Å². The second kappa shape index (κ2) is 7.96. The van der Waals surface area contributed by atoms with Crippen LogP contribution >= 0.6 is 8.58 Å². The lowest BCUT2D eigenvalue weighted by Gasteiger charge is -2.13. The van der Waals surface area contributed by atoms with E-state index in [1.807, 2.05) is 48.5 Å². The minimum atomic E-state index is -0.0200. The number of carbonyl (C=O) groups excluding carboxylic acids is 1. The van der Waals surface area contributed by atoms with Crippen LogP contribution in [0.5, 0.6) is 11.5 Å². The van der Waals surface area contributed by atoms with Gasteiger partial charge < -0.3 is 9.47 Å². The van der Waals surface area contributed by atoms with Gasteiger partial charge in [-0.2, -0.15) is 0 Å². The van der Waals surface area contributed by atoms with Gasteiger partial charge in [0.2, 0.25) is 0 Å². The van der Waals surface area contributed by atoms with Gasteiger partial charge in [0.05, 0.1) is 14.2 Å². The van der Waals surface area contributed by atoms with Crippen molar-refractivity contribution in [3.05, 3.63) is 78.4 Å². The van der Waals surface area contributed by atoms with Crippen LogP contribution in [0.1, 0.15) is 10.4 Å². The van der Waals surface area contributed by atoms with E-state index in [1.165, 1.54) is 0 Å². The first-order valence-corrected chi connectivity index (χ1v) is 8.91. The summed E-state index contributed by atoms with van der Waals surface area (Å²) in [5, 5.41) is 1.01. The fraction of sp³-hybridized carbons (Fsp3) is 0.0952. The quantitative estimate of drug-likeness (QED) is 0.614. The van der Waals surface area contributed by atoms with E-state index in [0.717, 1.165) is 16.4 Å². The molecule has 0 bridgehead atoms. The molecule has 0 amide bonds. The fourth-order valence-corrected chi connectivity index (χ4v) is 3.88. The van der Waals surface area contributed by atoms with Gasteiger partial charge in [0, 0.05) is 0 Å². The Kier molecular flexibility index (Phi) is 5.47. The van der Waals surface area contributed by atoms with E-state index in [9.17, 15) is 4.79 Å². The van der Waals surface area contributed by atoms with Crippen LogP contribution < -0.4 is 14.8 Å². The molecule has 3 aromatic carbocycles. The number of benzene rings is 3. The van der Waals surface area contributed by atoms with Gasteiger partial charge in [-0.1, -0.05) is 60.7 Å². The molecule has 25 heavy (non-hydrogen) atoms. The Labute approximate surface area is 149 Å². The molecule has 0 aliphatic rings. The van der Waals surface area contributed by atoms with Crippen LogP contribution in [0.25, 0.3) is 11.1 Å². The Balaban J connectivity index is 1.98. The van der Waals surface area contributed by atoms with Crippen LogP contribution in [-0.2, 0) is 0 Å². The highest BCUT2D eigenvalue weighted by molar-refractivity contribution is 7.66. The zero-order valence-corrected chi connectivity index (χ0v) is 15.2. The predicted octanol–water partition coefficient (Wildman–Crippen LogP) is 4.52. The van der Waals surface area contributed by atoms with Crippen molar-refractivity contribution in [1.82, 2.24) is 0 Å². The van der Waals surface area contributed by atoms with Crippen LogP contribution in [0.15, 0.2) is 72.8 Å². The van der Waals surface area contributed by atoms with E-state index >= 15 is 0 Å². The fourth-order valence-electron chi connectivity index (χ4n) is 2.72. The van der Waals surface area contributed by atoms with Crippen molar-refractivity contribution in [2.24, 2.45) is 0 Å². The molecule has 0 saturated carbocycles. The number of methoxy groups -OCH3 is 2. The monoisotopic (exact) mass is 350 g/mol. The van der Waals surface area contributed by atoms with E-state index in [0.29, 0.717) is 17.1 Å². The van der Waals surface area contributed by atoms with Crippen molar-refractivity contribution in [3.63, 3.8) is 0 Å². The zero-order valence-electron chi connectivity index (χ0n) is 14.2. The van der Waals surface area contributed by atoms with Crippen molar-refractivity contribution in [1.29, 1.82) is 0 Å². The minimum absolute atomic E-state index is 0.00215. The molecule has 0 aromatic heterocycles. The van der Waals surface area contributed by atoms with Crippen LogP contribution in [-0.4, -0.2) is 19.7 Å². The van der Waals surface area contributed by atoms with E-state index < -0.39 is 0 Å². The molecule has 0 N–H and O–H groups in total. The van der Waals surface area contributed by atoms with Gasteiger partial charge in [0.1, 0.15) is 17.1 Å². The third kappa shape index (κ3) is 3.72. The van der Waals surface area contributed by atoms with Gasteiger partial charge in [-0.3, -0.25) is 4.79 Å². The smallest absolute Gasteiger partial charge is 0.193 e. The summed E-state index contributed by atoms with van der Waals surface area (Å²) in [5.41, 5.74) is 2.67. The van der Waals surface area contributed by atoms with Gasteiger partial charge >= 0.3 is 0 Å². The highest BCUT2D eigenvalue weighted by atomic mass is 31.1. The van der Waals surface area contributed by atoms with Gasteiger partial charge in [-0.05, 0) is 37.1 Å². The normalized spacial score (nSPS) is 10.8. The molecule has 3 aromatic rings. The summed E-state index contributed by atoms with van der Waals surface area (Å²) < 4.78 is 10.7. The average Bonchev–Trinajstić information content (AvgIpc) is 2.68. The second-order valence-corrected chi connectivity index (χ2v) is 6.65. The summed E-state index contributed by atoms with van der Waals surface area (Å²) >= 11 is 0. The number of hydrogen-bond donors (Lipinski definition) is 0. The Morgan fingerprint density at radius 1 is 0.760 bits per heavy atom. The lowest BCUT2D eigenvalue weighted by atomic mass is 10.1. The van der Waals surface area contributed by atoms with Gasteiger partial charge in [0.25, 0.3) is 0 Å². The molecule has 1 unspecified atom stereocenters. The van der Waals surface area contributed by atoms with Crippen LogP contribution in [0.3, 0.4) is 0 Å². The number of hydrogen-bond acceptors (Lipinski definition) is 3. The van der Waals surface area contributed by atoms with Crippen molar-refractivity contribution >= 4 is 19.4 Å². The third-order valence-electron chi connectivity index (χ3n) is 3.91. The summed E-state index contributed by atoms with van der Waals surface area (Å²) in [6.07, 6.45) is 0. The molecule has 1 atom stereocenters. The number of rotatable bonds is 6. The van der Waals surface area contributed by atoms with Gasteiger partial charge in [0.15, 0.2) is 5.52 Å². The Morgan fingerprint density at radius 3 is 2.00 bits per heavy atom. The van der Waals surface area contributed by atoms with Crippen molar-refractivity contribution in [2.75, 3.05) is 14.2 Å². The molecule has 0 aliphatic heterocycles. The average molecular weight is 350 g/mol. The Hall–Kier alpha value is -2.64. The largest absolute Gasteiger partial charge is 0.496 e. The molecule has 0 heterocycles. The SMILES string of the molecule is COc1cccc(OC)c1C(=O)Pc1ccccc1-c1ccccc1. The van der Waals surface area contributed by atoms with E-state index in [2.05, 4.69) is 12.1 Å². The van der Waals surface area contributed by atoms with Crippen molar-refractivity contribution in [3.8, 4) is 22.6 Å². The molecule has 0 fully saturated rings. The molecule has 126 valence electrons. The highest BCUT2D eigenvalue weighted by Crippen LogP contribution is 2.35. The predicted molar refractivity (Wildman–Crippen MR) is 104 cm³/mol. The molecule has 0 spiro atoms. The summed E-state index contributed by atoms with van der Waals surface area (Å²) in [6, 6.07) is 23.5. The zero-order chi connectivity index (χ0) is 17.6. The first kappa shape index (κ1) is 17.2. The number of carbonyl (C=O) groups is 1. The number of ether oxygens (including phenoxy) is 2. The second-order valence-electron chi connectivity index (χ2n) is 5.40. The standard InChI is InChI=1S/C21H19O3P/c1-23-17-12-8-13-18(24-2)20(17)21(22)25-19-14-7-6-11-16(19)15-9-4-3-5-10-15/h3-14,25H,1-2H3. The first-order chi connectivity index (χ1) is 12.2.